The van der Waals surface area contributed by atoms with Crippen molar-refractivity contribution < 1.29 is 4.79 Å². The second-order valence-electron chi connectivity index (χ2n) is 8.23. The van der Waals surface area contributed by atoms with Crippen LogP contribution in [0.15, 0.2) is 52.4 Å². The van der Waals surface area contributed by atoms with E-state index in [1.165, 1.54) is 16.6 Å². The number of amides is 1. The van der Waals surface area contributed by atoms with Crippen molar-refractivity contribution in [2.45, 2.75) is 45.7 Å². The lowest BCUT2D eigenvalue weighted by molar-refractivity contribution is -0.113. The Hall–Kier alpha value is -2.61. The van der Waals surface area contributed by atoms with Crippen LogP contribution in [0.4, 0.5) is 5.69 Å². The van der Waals surface area contributed by atoms with Gasteiger partial charge in [0.2, 0.25) is 5.91 Å². The molecule has 1 amide bonds. The molecule has 0 atom stereocenters. The molecule has 0 bridgehead atoms. The molecular weight excluding hydrogens is 486 g/mol. The molecule has 34 heavy (non-hydrogen) atoms. The van der Waals surface area contributed by atoms with Gasteiger partial charge in [-0.05, 0) is 80.3 Å². The lowest BCUT2D eigenvalue weighted by atomic mass is 10.1. The van der Waals surface area contributed by atoms with E-state index in [0.717, 1.165) is 40.0 Å². The molecule has 0 fully saturated rings. The summed E-state index contributed by atoms with van der Waals surface area (Å²) in [5.41, 5.74) is 4.58. The number of thiophene rings is 1. The van der Waals surface area contributed by atoms with Gasteiger partial charge < -0.3 is 5.32 Å². The Kier molecular flexibility index (Phi) is 7.45. The molecule has 8 heteroatoms. The van der Waals surface area contributed by atoms with Crippen LogP contribution in [-0.2, 0) is 11.2 Å². The highest BCUT2D eigenvalue weighted by Crippen LogP contribution is 2.31. The van der Waals surface area contributed by atoms with Gasteiger partial charge in [0, 0.05) is 15.6 Å². The molecule has 0 radical (unpaired) electrons. The number of nitrogens with one attached hydrogen (secondary N) is 1. The summed E-state index contributed by atoms with van der Waals surface area (Å²) in [5, 5.41) is 4.65. The first-order valence-electron chi connectivity index (χ1n) is 11.1. The number of nitrogens with zero attached hydrogens (tertiary/aromatic N) is 2. The highest BCUT2D eigenvalue weighted by Gasteiger charge is 2.20. The summed E-state index contributed by atoms with van der Waals surface area (Å²) in [5.74, 6) is -0.0558. The van der Waals surface area contributed by atoms with Crippen LogP contribution in [0.5, 0.6) is 0 Å². The summed E-state index contributed by atoms with van der Waals surface area (Å²) in [6, 6.07) is 12.9. The van der Waals surface area contributed by atoms with Crippen LogP contribution in [0, 0.1) is 20.8 Å². The molecule has 1 N–H and O–H groups in total. The molecule has 0 saturated heterocycles. The standard InChI is InChI=1S/C26H26ClN3O2S2/c1-5-6-21-17(4)23-24(34-21)29-26(30(25(23)32)20-12-7-15(2)16(3)13-20)33-14-22(31)28-19-10-8-18(27)9-11-19/h7-13H,5-6,14H2,1-4H3,(H,28,31). The Labute approximate surface area is 212 Å². The maximum Gasteiger partial charge on any atom is 0.267 e. The smallest absolute Gasteiger partial charge is 0.267 e. The zero-order chi connectivity index (χ0) is 24.4. The number of thioether (sulfide) groups is 1. The largest absolute Gasteiger partial charge is 0.325 e. The molecule has 4 aromatic rings. The molecule has 0 saturated carbocycles. The van der Waals surface area contributed by atoms with Crippen molar-refractivity contribution in [1.82, 2.24) is 9.55 Å². The van der Waals surface area contributed by atoms with Gasteiger partial charge in [-0.25, -0.2) is 4.98 Å². The summed E-state index contributed by atoms with van der Waals surface area (Å²) >= 11 is 8.76. The Morgan fingerprint density at radius 3 is 2.53 bits per heavy atom. The fourth-order valence-electron chi connectivity index (χ4n) is 3.73. The summed E-state index contributed by atoms with van der Waals surface area (Å²) in [6.45, 7) is 8.20. The molecule has 2 aromatic carbocycles. The molecule has 0 spiro atoms. The second kappa shape index (κ2) is 10.3. The number of halogens is 1. The molecule has 2 heterocycles. The van der Waals surface area contributed by atoms with Gasteiger partial charge >= 0.3 is 0 Å². The number of hydrogen-bond donors (Lipinski definition) is 1. The lowest BCUT2D eigenvalue weighted by Gasteiger charge is -2.14. The molecule has 0 unspecified atom stereocenters. The van der Waals surface area contributed by atoms with Gasteiger partial charge in [0.1, 0.15) is 4.83 Å². The number of carbonyl (C=O) groups is 1. The number of aryl methyl sites for hydroxylation is 4. The maximum atomic E-state index is 13.8. The highest BCUT2D eigenvalue weighted by molar-refractivity contribution is 7.99. The molecule has 0 aliphatic rings. The van der Waals surface area contributed by atoms with E-state index < -0.39 is 0 Å². The SMILES string of the molecule is CCCc1sc2nc(SCC(=O)Nc3ccc(Cl)cc3)n(-c3ccc(C)c(C)c3)c(=O)c2c1C. The van der Waals surface area contributed by atoms with Gasteiger partial charge in [-0.15, -0.1) is 11.3 Å². The van der Waals surface area contributed by atoms with Gasteiger partial charge in [0.15, 0.2) is 5.16 Å². The van der Waals surface area contributed by atoms with Crippen LogP contribution in [0.25, 0.3) is 15.9 Å². The van der Waals surface area contributed by atoms with Crippen LogP contribution in [-0.4, -0.2) is 21.2 Å². The average molecular weight is 512 g/mol. The van der Waals surface area contributed by atoms with E-state index in [1.807, 2.05) is 39.0 Å². The minimum absolute atomic E-state index is 0.0926. The molecule has 4 rings (SSSR count). The topological polar surface area (TPSA) is 64.0 Å². The molecular formula is C26H26ClN3O2S2. The third-order valence-electron chi connectivity index (χ3n) is 5.72. The predicted octanol–water partition coefficient (Wildman–Crippen LogP) is 6.71. The van der Waals surface area contributed by atoms with E-state index in [-0.39, 0.29) is 17.2 Å². The van der Waals surface area contributed by atoms with E-state index in [9.17, 15) is 9.59 Å². The molecule has 5 nitrogen and oxygen atoms in total. The van der Waals surface area contributed by atoms with Crippen LogP contribution in [0.1, 0.15) is 34.9 Å². The Balaban J connectivity index is 1.74. The number of carbonyl (C=O) groups excluding carboxylic acids is 1. The summed E-state index contributed by atoms with van der Waals surface area (Å²) in [6.07, 6.45) is 1.92. The third-order valence-corrected chi connectivity index (χ3v) is 8.15. The number of rotatable bonds is 7. The minimum Gasteiger partial charge on any atom is -0.325 e. The van der Waals surface area contributed by atoms with Crippen LogP contribution >= 0.6 is 34.7 Å². The highest BCUT2D eigenvalue weighted by atomic mass is 35.5. The first-order valence-corrected chi connectivity index (χ1v) is 13.3. The molecule has 0 aliphatic carbocycles. The van der Waals surface area contributed by atoms with Gasteiger partial charge in [-0.2, -0.15) is 0 Å². The van der Waals surface area contributed by atoms with Crippen molar-refractivity contribution in [3.8, 4) is 5.69 Å². The quantitative estimate of drug-likeness (QED) is 0.221. The number of fused-ring (bicyclic) bond motifs is 1. The summed E-state index contributed by atoms with van der Waals surface area (Å²) in [4.78, 5) is 33.2. The van der Waals surface area contributed by atoms with E-state index >= 15 is 0 Å². The van der Waals surface area contributed by atoms with Crippen molar-refractivity contribution in [3.63, 3.8) is 0 Å². The van der Waals surface area contributed by atoms with Gasteiger partial charge in [0.05, 0.1) is 16.8 Å². The molecule has 176 valence electrons. The number of aromatic nitrogens is 2. The second-order valence-corrected chi connectivity index (χ2v) is 10.7. The Morgan fingerprint density at radius 1 is 1.12 bits per heavy atom. The fourth-order valence-corrected chi connectivity index (χ4v) is 5.98. The van der Waals surface area contributed by atoms with Crippen molar-refractivity contribution in [3.05, 3.63) is 79.4 Å². The zero-order valence-corrected chi connectivity index (χ0v) is 22.0. The van der Waals surface area contributed by atoms with Gasteiger partial charge in [-0.3, -0.25) is 14.2 Å². The van der Waals surface area contributed by atoms with E-state index in [1.54, 1.807) is 40.2 Å². The van der Waals surface area contributed by atoms with Crippen molar-refractivity contribution in [1.29, 1.82) is 0 Å². The van der Waals surface area contributed by atoms with Crippen molar-refractivity contribution in [2.75, 3.05) is 11.1 Å². The van der Waals surface area contributed by atoms with Crippen molar-refractivity contribution >= 4 is 56.5 Å². The Morgan fingerprint density at radius 2 is 1.85 bits per heavy atom. The normalized spacial score (nSPS) is 11.2. The van der Waals surface area contributed by atoms with Crippen LogP contribution < -0.4 is 10.9 Å². The number of anilines is 1. The fraction of sp³-hybridized carbons (Fsp3) is 0.269. The first kappa shape index (κ1) is 24.5. The van der Waals surface area contributed by atoms with E-state index in [2.05, 4.69) is 12.2 Å². The summed E-state index contributed by atoms with van der Waals surface area (Å²) < 4.78 is 1.64. The molecule has 0 aliphatic heterocycles. The third kappa shape index (κ3) is 5.06. The van der Waals surface area contributed by atoms with E-state index in [4.69, 9.17) is 16.6 Å². The first-order chi connectivity index (χ1) is 16.3. The van der Waals surface area contributed by atoms with Gasteiger partial charge in [-0.1, -0.05) is 42.8 Å². The minimum atomic E-state index is -0.178. The zero-order valence-electron chi connectivity index (χ0n) is 19.6. The maximum absolute atomic E-state index is 13.8. The number of benzene rings is 2. The Bertz CT molecular complexity index is 1420. The lowest BCUT2D eigenvalue weighted by Crippen LogP contribution is -2.23. The van der Waals surface area contributed by atoms with Crippen LogP contribution in [0.2, 0.25) is 5.02 Å². The summed E-state index contributed by atoms with van der Waals surface area (Å²) in [7, 11) is 0. The van der Waals surface area contributed by atoms with Gasteiger partial charge in [0.25, 0.3) is 5.56 Å². The van der Waals surface area contributed by atoms with E-state index in [0.29, 0.717) is 21.3 Å². The predicted molar refractivity (Wildman–Crippen MR) is 144 cm³/mol. The number of hydrogen-bond acceptors (Lipinski definition) is 5. The molecule has 2 aromatic heterocycles. The monoisotopic (exact) mass is 511 g/mol. The average Bonchev–Trinajstić information content (AvgIpc) is 3.11. The van der Waals surface area contributed by atoms with Crippen LogP contribution in [0.3, 0.4) is 0 Å². The van der Waals surface area contributed by atoms with Crippen molar-refractivity contribution in [2.24, 2.45) is 0 Å².